The Morgan fingerprint density at radius 3 is 2.91 bits per heavy atom. The number of thiazole rings is 1. The van der Waals surface area contributed by atoms with Gasteiger partial charge in [-0.25, -0.2) is 9.37 Å². The molecule has 0 saturated carbocycles. The fourth-order valence-corrected chi connectivity index (χ4v) is 3.90. The summed E-state index contributed by atoms with van der Waals surface area (Å²) in [7, 11) is 0. The Morgan fingerprint density at radius 1 is 1.30 bits per heavy atom. The smallest absolute Gasteiger partial charge is 0.270 e. The highest BCUT2D eigenvalue weighted by Gasteiger charge is 2.10. The molecule has 23 heavy (non-hydrogen) atoms. The highest BCUT2D eigenvalue weighted by Crippen LogP contribution is 2.31. The summed E-state index contributed by atoms with van der Waals surface area (Å²) >= 11 is 2.87. The van der Waals surface area contributed by atoms with Gasteiger partial charge in [0.15, 0.2) is 15.9 Å². The van der Waals surface area contributed by atoms with Crippen LogP contribution < -0.4 is 4.74 Å². The minimum atomic E-state index is -0.422. The summed E-state index contributed by atoms with van der Waals surface area (Å²) in [5.41, 5.74) is 0.790. The molecular formula is C15H11FN2O3S2. The molecule has 5 nitrogen and oxygen atoms in total. The fraction of sp³-hybridized carbons (Fsp3) is 0.133. The van der Waals surface area contributed by atoms with E-state index in [0.29, 0.717) is 12.4 Å². The largest absolute Gasteiger partial charge is 0.490 e. The molecule has 118 valence electrons. The SMILES string of the molecule is O=[N+]([O-])c1ccc2nc(SCCOc3ccccc3F)sc2c1. The van der Waals surface area contributed by atoms with E-state index < -0.39 is 4.92 Å². The van der Waals surface area contributed by atoms with Crippen LogP contribution in [0.4, 0.5) is 10.1 Å². The van der Waals surface area contributed by atoms with Crippen LogP contribution in [0.5, 0.6) is 5.75 Å². The summed E-state index contributed by atoms with van der Waals surface area (Å²) in [5, 5.41) is 10.8. The van der Waals surface area contributed by atoms with E-state index in [0.717, 1.165) is 14.6 Å². The highest BCUT2D eigenvalue weighted by molar-refractivity contribution is 8.01. The number of thioether (sulfide) groups is 1. The number of nitro benzene ring substituents is 1. The van der Waals surface area contributed by atoms with Crippen LogP contribution in [0.25, 0.3) is 10.2 Å². The lowest BCUT2D eigenvalue weighted by atomic mass is 10.3. The molecule has 2 aromatic carbocycles. The van der Waals surface area contributed by atoms with Crippen molar-refractivity contribution < 1.29 is 14.1 Å². The standard InChI is InChI=1S/C15H11FN2O3S2/c16-11-3-1-2-4-13(11)21-7-8-22-15-17-12-6-5-10(18(19)20)9-14(12)23-15/h1-6,9H,7-8H2. The Balaban J connectivity index is 1.59. The number of nitrogens with zero attached hydrogens (tertiary/aromatic N) is 2. The maximum atomic E-state index is 13.4. The molecule has 3 rings (SSSR count). The van der Waals surface area contributed by atoms with Crippen LogP contribution in [-0.2, 0) is 0 Å². The summed E-state index contributed by atoms with van der Waals surface area (Å²) in [4.78, 5) is 14.7. The van der Waals surface area contributed by atoms with Crippen molar-refractivity contribution in [3.8, 4) is 5.75 Å². The van der Waals surface area contributed by atoms with E-state index >= 15 is 0 Å². The van der Waals surface area contributed by atoms with Crippen LogP contribution in [0.2, 0.25) is 0 Å². The molecule has 0 bridgehead atoms. The van der Waals surface area contributed by atoms with Crippen molar-refractivity contribution in [2.45, 2.75) is 4.34 Å². The minimum absolute atomic E-state index is 0.0561. The number of para-hydroxylation sites is 1. The zero-order valence-corrected chi connectivity index (χ0v) is 13.4. The second-order valence-electron chi connectivity index (χ2n) is 4.52. The Hall–Kier alpha value is -2.19. The van der Waals surface area contributed by atoms with E-state index in [4.69, 9.17) is 4.74 Å². The monoisotopic (exact) mass is 350 g/mol. The Labute approximate surface area is 139 Å². The molecule has 0 aliphatic rings. The lowest BCUT2D eigenvalue weighted by Crippen LogP contribution is -2.01. The predicted molar refractivity (Wildman–Crippen MR) is 88.9 cm³/mol. The van der Waals surface area contributed by atoms with Crippen LogP contribution in [-0.4, -0.2) is 22.3 Å². The predicted octanol–water partition coefficient (Wildman–Crippen LogP) is 4.51. The molecule has 0 radical (unpaired) electrons. The summed E-state index contributed by atoms with van der Waals surface area (Å²) in [6.45, 7) is 0.349. The molecule has 0 aliphatic carbocycles. The molecule has 0 atom stereocenters. The molecule has 0 saturated heterocycles. The molecule has 0 fully saturated rings. The number of fused-ring (bicyclic) bond motifs is 1. The van der Waals surface area contributed by atoms with Crippen LogP contribution in [0.1, 0.15) is 0 Å². The Morgan fingerprint density at radius 2 is 2.13 bits per heavy atom. The third-order valence-corrected chi connectivity index (χ3v) is 5.09. The summed E-state index contributed by atoms with van der Waals surface area (Å²) < 4.78 is 20.3. The number of hydrogen-bond acceptors (Lipinski definition) is 6. The maximum absolute atomic E-state index is 13.4. The van der Waals surface area contributed by atoms with Gasteiger partial charge in [-0.1, -0.05) is 23.9 Å². The average Bonchev–Trinajstić information content (AvgIpc) is 2.94. The molecule has 0 aliphatic heterocycles. The van der Waals surface area contributed by atoms with Crippen molar-refractivity contribution in [1.29, 1.82) is 0 Å². The Bertz CT molecular complexity index is 854. The van der Waals surface area contributed by atoms with Gasteiger partial charge in [0.2, 0.25) is 0 Å². The average molecular weight is 350 g/mol. The van der Waals surface area contributed by atoms with Gasteiger partial charge in [-0.05, 0) is 18.2 Å². The van der Waals surface area contributed by atoms with Gasteiger partial charge in [0.1, 0.15) is 0 Å². The first-order valence-electron chi connectivity index (χ1n) is 6.68. The van der Waals surface area contributed by atoms with Gasteiger partial charge < -0.3 is 4.74 Å². The van der Waals surface area contributed by atoms with Gasteiger partial charge in [-0.15, -0.1) is 11.3 Å². The molecule has 0 N–H and O–H groups in total. The van der Waals surface area contributed by atoms with Crippen molar-refractivity contribution in [3.63, 3.8) is 0 Å². The molecule has 1 heterocycles. The van der Waals surface area contributed by atoms with Gasteiger partial charge in [0.25, 0.3) is 5.69 Å². The second-order valence-corrected chi connectivity index (χ2v) is 6.89. The van der Waals surface area contributed by atoms with E-state index in [1.54, 1.807) is 24.3 Å². The van der Waals surface area contributed by atoms with Gasteiger partial charge in [-0.3, -0.25) is 10.1 Å². The summed E-state index contributed by atoms with van der Waals surface area (Å²) in [6, 6.07) is 10.9. The first-order valence-corrected chi connectivity index (χ1v) is 8.49. The van der Waals surface area contributed by atoms with Gasteiger partial charge >= 0.3 is 0 Å². The van der Waals surface area contributed by atoms with E-state index in [1.807, 2.05) is 0 Å². The first-order chi connectivity index (χ1) is 11.1. The van der Waals surface area contributed by atoms with Gasteiger partial charge in [0, 0.05) is 17.9 Å². The van der Waals surface area contributed by atoms with Gasteiger partial charge in [-0.2, -0.15) is 0 Å². The first kappa shape index (κ1) is 15.7. The number of nitro groups is 1. The minimum Gasteiger partial charge on any atom is -0.490 e. The van der Waals surface area contributed by atoms with Crippen molar-refractivity contribution in [2.75, 3.05) is 12.4 Å². The lowest BCUT2D eigenvalue weighted by molar-refractivity contribution is -0.384. The van der Waals surface area contributed by atoms with Crippen molar-refractivity contribution >= 4 is 39.0 Å². The normalized spacial score (nSPS) is 10.8. The van der Waals surface area contributed by atoms with E-state index in [9.17, 15) is 14.5 Å². The number of rotatable bonds is 6. The van der Waals surface area contributed by atoms with E-state index in [1.165, 1.54) is 41.3 Å². The van der Waals surface area contributed by atoms with Crippen molar-refractivity contribution in [1.82, 2.24) is 4.98 Å². The molecule has 8 heteroatoms. The van der Waals surface area contributed by atoms with Crippen LogP contribution in [0.15, 0.2) is 46.8 Å². The maximum Gasteiger partial charge on any atom is 0.270 e. The van der Waals surface area contributed by atoms with Crippen LogP contribution in [0.3, 0.4) is 0 Å². The topological polar surface area (TPSA) is 65.3 Å². The molecule has 0 amide bonds. The number of hydrogen-bond donors (Lipinski definition) is 0. The van der Waals surface area contributed by atoms with E-state index in [2.05, 4.69) is 4.98 Å². The van der Waals surface area contributed by atoms with Crippen LogP contribution in [0, 0.1) is 15.9 Å². The highest BCUT2D eigenvalue weighted by atomic mass is 32.2. The molecule has 0 unspecified atom stereocenters. The third kappa shape index (κ3) is 3.77. The van der Waals surface area contributed by atoms with Gasteiger partial charge in [0.05, 0.1) is 21.7 Å². The zero-order chi connectivity index (χ0) is 16.2. The fourth-order valence-electron chi connectivity index (χ4n) is 1.91. The number of halogens is 1. The quantitative estimate of drug-likeness (QED) is 0.283. The Kier molecular flexibility index (Phi) is 4.73. The number of aromatic nitrogens is 1. The number of non-ortho nitro benzene ring substituents is 1. The zero-order valence-electron chi connectivity index (χ0n) is 11.8. The number of ether oxygens (including phenoxy) is 1. The molecule has 0 spiro atoms. The summed E-state index contributed by atoms with van der Waals surface area (Å²) in [5.74, 6) is 0.453. The lowest BCUT2D eigenvalue weighted by Gasteiger charge is -2.05. The van der Waals surface area contributed by atoms with Crippen molar-refractivity contribution in [2.24, 2.45) is 0 Å². The number of benzene rings is 2. The van der Waals surface area contributed by atoms with Crippen molar-refractivity contribution in [3.05, 3.63) is 58.4 Å². The third-order valence-electron chi connectivity index (χ3n) is 2.97. The van der Waals surface area contributed by atoms with Crippen LogP contribution >= 0.6 is 23.1 Å². The molecule has 3 aromatic rings. The van der Waals surface area contributed by atoms with E-state index in [-0.39, 0.29) is 17.3 Å². The molecule has 1 aromatic heterocycles. The second kappa shape index (κ2) is 6.93. The summed E-state index contributed by atoms with van der Waals surface area (Å²) in [6.07, 6.45) is 0. The molecular weight excluding hydrogens is 339 g/mol.